The first-order valence-electron chi connectivity index (χ1n) is 26.0. The number of benzene rings is 4. The van der Waals surface area contributed by atoms with Crippen molar-refractivity contribution in [2.45, 2.75) is 158 Å². The van der Waals surface area contributed by atoms with E-state index >= 15 is 0 Å². The summed E-state index contributed by atoms with van der Waals surface area (Å²) in [5.74, 6) is 1.38. The zero-order valence-corrected chi connectivity index (χ0v) is 46.8. The van der Waals surface area contributed by atoms with Crippen LogP contribution in [0, 0.1) is 59.1 Å². The van der Waals surface area contributed by atoms with Crippen LogP contribution in [0.15, 0.2) is 48.5 Å². The topological polar surface area (TPSA) is 98.3 Å². The van der Waals surface area contributed by atoms with Crippen molar-refractivity contribution in [2.24, 2.45) is 23.7 Å². The van der Waals surface area contributed by atoms with Gasteiger partial charge in [0, 0.05) is 58.9 Å². The van der Waals surface area contributed by atoms with Crippen LogP contribution >= 0.6 is 0 Å². The maximum Gasteiger partial charge on any atom is 3.00 e. The summed E-state index contributed by atoms with van der Waals surface area (Å²) in [6, 6.07) is 16.1. The van der Waals surface area contributed by atoms with E-state index in [9.17, 15) is 17.6 Å². The zero-order chi connectivity index (χ0) is 50.4. The Morgan fingerprint density at radius 2 is 0.681 bits per heavy atom. The molecule has 4 unspecified atom stereocenters. The van der Waals surface area contributed by atoms with E-state index in [0.29, 0.717) is 95.2 Å². The van der Waals surface area contributed by atoms with Gasteiger partial charge in [0.1, 0.15) is 22.1 Å². The molecule has 0 aliphatic rings. The van der Waals surface area contributed by atoms with E-state index in [1.807, 2.05) is 0 Å². The molecule has 0 N–H and O–H groups in total. The molecule has 0 radical (unpaired) electrons. The Morgan fingerprint density at radius 3 is 0.889 bits per heavy atom. The molecule has 0 fully saturated rings. The van der Waals surface area contributed by atoms with E-state index < -0.39 is 23.3 Å². The number of unbranched alkanes of at least 4 members (excludes halogenated alkanes) is 4. The number of fused-ring (bicyclic) bond motifs is 2. The molecule has 398 valence electrons. The maximum absolute atomic E-state index is 14.3. The first-order valence-corrected chi connectivity index (χ1v) is 26.0. The molecule has 6 rings (SSSR count). The Hall–Kier alpha value is -4.46. The van der Waals surface area contributed by atoms with Crippen LogP contribution in [0.25, 0.3) is 33.4 Å². The van der Waals surface area contributed by atoms with Gasteiger partial charge in [-0.05, 0) is 49.4 Å². The smallest absolute Gasteiger partial charge is 1.00 e. The molecule has 4 aromatic carbocycles. The van der Waals surface area contributed by atoms with E-state index in [1.165, 1.54) is 25.7 Å². The normalized spacial score (nSPS) is 12.8. The molecule has 72 heavy (non-hydrogen) atoms. The summed E-state index contributed by atoms with van der Waals surface area (Å²) in [6.07, 6.45) is 18.0. The van der Waals surface area contributed by atoms with Crippen molar-refractivity contribution in [2.75, 3.05) is 26.4 Å². The van der Waals surface area contributed by atoms with Crippen LogP contribution in [-0.4, -0.2) is 56.4 Å². The van der Waals surface area contributed by atoms with Gasteiger partial charge in [0.15, 0.2) is 23.0 Å². The van der Waals surface area contributed by atoms with Crippen LogP contribution in [0.4, 0.5) is 17.6 Å². The van der Waals surface area contributed by atoms with Gasteiger partial charge in [-0.1, -0.05) is 132 Å². The first-order chi connectivity index (χ1) is 34.0. The summed E-state index contributed by atoms with van der Waals surface area (Å²) in [5, 5.41) is 17.6. The Labute approximate surface area is 445 Å². The molecule has 0 aliphatic heterocycles. The molecule has 10 nitrogen and oxygen atoms in total. The van der Waals surface area contributed by atoms with Crippen molar-refractivity contribution in [3.63, 3.8) is 0 Å². The Balaban J connectivity index is 0.000000370. The molecule has 0 amide bonds. The molecule has 0 spiro atoms. The number of aromatic nitrogens is 6. The third-order valence-electron chi connectivity index (χ3n) is 13.0. The van der Waals surface area contributed by atoms with Crippen LogP contribution in [-0.2, 0) is 20.1 Å². The molecule has 2 heterocycles. The number of halogens is 5. The van der Waals surface area contributed by atoms with Crippen molar-refractivity contribution < 1.29 is 69.0 Å². The van der Waals surface area contributed by atoms with E-state index in [4.69, 9.17) is 18.9 Å². The largest absolute Gasteiger partial charge is 3.00 e. The fraction of sp³-hybridized carbons (Fsp3) is 0.571. The van der Waals surface area contributed by atoms with Gasteiger partial charge in [0.25, 0.3) is 0 Å². The number of nitrogens with zero attached hydrogens (tertiary/aromatic N) is 6. The summed E-state index contributed by atoms with van der Waals surface area (Å²) in [4.78, 5) is 2.28. The average molecular weight is 1200 g/mol. The molecule has 0 saturated heterocycles. The van der Waals surface area contributed by atoms with Gasteiger partial charge < -0.3 is 31.4 Å². The molecule has 0 bridgehead atoms. The number of hydrogen-bond donors (Lipinski definition) is 0. The van der Waals surface area contributed by atoms with Gasteiger partial charge in [-0.3, -0.25) is 17.6 Å². The fourth-order valence-electron chi connectivity index (χ4n) is 8.11. The number of hydrogen-bond acceptors (Lipinski definition) is 8. The number of rotatable bonds is 30. The van der Waals surface area contributed by atoms with E-state index in [-0.39, 0.29) is 43.9 Å². The van der Waals surface area contributed by atoms with Crippen molar-refractivity contribution >= 4 is 22.1 Å². The van der Waals surface area contributed by atoms with Crippen molar-refractivity contribution in [1.29, 1.82) is 0 Å². The summed E-state index contributed by atoms with van der Waals surface area (Å²) >= 11 is 0. The van der Waals surface area contributed by atoms with Gasteiger partial charge in [-0.15, -0.1) is 36.4 Å². The standard InChI is InChI=1S/2C28H38F2N3O2.ClH.Ir/c2*1-5-9-11-20(7-3)18-34-27-16-24-25(17-28(27)35-19-21(8-4)12-10-6-2)32-33(31-24)26-14-13-22(29)15-23(26)30;;/h2*13,15-17,20-21H,5-12,18-19H2,1-4H3;1H;/q2*-1;;+3/p-1. The summed E-state index contributed by atoms with van der Waals surface area (Å²) in [7, 11) is 0. The molecular formula is C56H76ClF4IrN6O4. The van der Waals surface area contributed by atoms with Crippen molar-refractivity contribution in [3.8, 4) is 34.4 Å². The summed E-state index contributed by atoms with van der Waals surface area (Å²) in [5.41, 5.74) is 2.11. The number of ether oxygens (including phenoxy) is 4. The zero-order valence-electron chi connectivity index (χ0n) is 43.6. The second-order valence-electron chi connectivity index (χ2n) is 18.5. The first kappa shape index (κ1) is 61.8. The summed E-state index contributed by atoms with van der Waals surface area (Å²) < 4.78 is 80.3. The predicted molar refractivity (Wildman–Crippen MR) is 270 cm³/mol. The molecule has 4 atom stereocenters. The SMILES string of the molecule is CCCCC(CC)COc1cc2nn(-c3[c-]cc(F)cc3F)nc2cc1OCC(CC)CCCC.CCCCC(CC)COc1cc2nn(-c3[c-]cc(F)cc3F)nc2cc1OCC(CC)CCCC.[Cl-].[Ir+3]. The Kier molecular flexibility index (Phi) is 28.1. The minimum Gasteiger partial charge on any atom is -1.00 e. The molecular weight excluding hydrogens is 1120 g/mol. The van der Waals surface area contributed by atoms with Gasteiger partial charge in [0.05, 0.1) is 26.4 Å². The molecule has 2 aromatic heterocycles. The monoisotopic (exact) mass is 1200 g/mol. The molecule has 6 aromatic rings. The van der Waals surface area contributed by atoms with Gasteiger partial charge in [-0.2, -0.15) is 30.0 Å². The van der Waals surface area contributed by atoms with Crippen LogP contribution in [0.1, 0.15) is 158 Å². The van der Waals surface area contributed by atoms with E-state index in [1.54, 1.807) is 24.3 Å². The quantitative estimate of drug-likeness (QED) is 0.0325. The van der Waals surface area contributed by atoms with Crippen LogP contribution in [0.5, 0.6) is 23.0 Å². The molecule has 0 aliphatic carbocycles. The van der Waals surface area contributed by atoms with Crippen LogP contribution in [0.3, 0.4) is 0 Å². The van der Waals surface area contributed by atoms with Crippen molar-refractivity contribution in [1.82, 2.24) is 30.0 Å². The van der Waals surface area contributed by atoms with E-state index in [0.717, 1.165) is 111 Å². The fourth-order valence-corrected chi connectivity index (χ4v) is 8.11. The second-order valence-corrected chi connectivity index (χ2v) is 18.5. The predicted octanol–water partition coefficient (Wildman–Crippen LogP) is 12.4. The second kappa shape index (κ2) is 32.7. The van der Waals surface area contributed by atoms with Crippen LogP contribution < -0.4 is 31.4 Å². The molecule has 16 heteroatoms. The van der Waals surface area contributed by atoms with Gasteiger partial charge in [-0.25, -0.2) is 0 Å². The average Bonchev–Trinajstić information content (AvgIpc) is 3.97. The Bertz CT molecular complexity index is 2210. The van der Waals surface area contributed by atoms with E-state index in [2.05, 4.69) is 87.9 Å². The van der Waals surface area contributed by atoms with Gasteiger partial charge >= 0.3 is 20.1 Å². The minimum atomic E-state index is -0.776. The molecule has 0 saturated carbocycles. The van der Waals surface area contributed by atoms with Gasteiger partial charge in [0.2, 0.25) is 0 Å². The third-order valence-corrected chi connectivity index (χ3v) is 13.0. The Morgan fingerprint density at radius 1 is 0.431 bits per heavy atom. The van der Waals surface area contributed by atoms with Crippen LogP contribution in [0.2, 0.25) is 0 Å². The maximum atomic E-state index is 14.3. The third kappa shape index (κ3) is 18.5. The minimum absolute atomic E-state index is 0. The van der Waals surface area contributed by atoms with Crippen molar-refractivity contribution in [3.05, 3.63) is 83.9 Å². The summed E-state index contributed by atoms with van der Waals surface area (Å²) in [6.45, 7) is 19.9.